The highest BCUT2D eigenvalue weighted by Crippen LogP contribution is 2.27. The van der Waals surface area contributed by atoms with E-state index in [1.54, 1.807) is 16.4 Å². The summed E-state index contributed by atoms with van der Waals surface area (Å²) in [5, 5.41) is 2.89. The second kappa shape index (κ2) is 9.28. The maximum Gasteiger partial charge on any atom is 0.255 e. The topological polar surface area (TPSA) is 95.2 Å². The number of amides is 1. The highest BCUT2D eigenvalue weighted by Gasteiger charge is 2.31. The first-order chi connectivity index (χ1) is 16.8. The average molecular weight is 489 g/mol. The molecule has 180 valence electrons. The van der Waals surface area contributed by atoms with E-state index in [4.69, 9.17) is 0 Å². The molecular weight excluding hydrogens is 460 g/mol. The van der Waals surface area contributed by atoms with Crippen LogP contribution >= 0.6 is 0 Å². The maximum absolute atomic E-state index is 13.1. The molecule has 35 heavy (non-hydrogen) atoms. The van der Waals surface area contributed by atoms with Gasteiger partial charge in [-0.25, -0.2) is 13.4 Å². The van der Waals surface area contributed by atoms with Crippen LogP contribution in [0.2, 0.25) is 0 Å². The molecule has 2 heterocycles. The van der Waals surface area contributed by atoms with Gasteiger partial charge in [-0.15, -0.1) is 0 Å². The van der Waals surface area contributed by atoms with Gasteiger partial charge in [0.15, 0.2) is 0 Å². The summed E-state index contributed by atoms with van der Waals surface area (Å²) in [5.41, 5.74) is 3.69. The first-order valence-electron chi connectivity index (χ1n) is 11.8. The zero-order valence-corrected chi connectivity index (χ0v) is 20.5. The van der Waals surface area contributed by atoms with Crippen molar-refractivity contribution in [3.8, 4) is 11.4 Å². The fourth-order valence-electron chi connectivity index (χ4n) is 4.77. The van der Waals surface area contributed by atoms with E-state index in [9.17, 15) is 13.2 Å². The first-order valence-corrected chi connectivity index (χ1v) is 13.2. The molecule has 0 spiro atoms. The Hall–Kier alpha value is -3.49. The van der Waals surface area contributed by atoms with Crippen LogP contribution in [0.3, 0.4) is 0 Å². The number of nitrogens with one attached hydrogen (secondary N) is 2. The molecule has 1 aromatic heterocycles. The van der Waals surface area contributed by atoms with Crippen LogP contribution in [0, 0.1) is 11.8 Å². The van der Waals surface area contributed by atoms with Gasteiger partial charge < -0.3 is 10.3 Å². The molecule has 2 N–H and O–H groups in total. The summed E-state index contributed by atoms with van der Waals surface area (Å²) in [4.78, 5) is 21.0. The number of sulfonamides is 1. The minimum absolute atomic E-state index is 0.210. The molecule has 3 aromatic carbocycles. The van der Waals surface area contributed by atoms with Gasteiger partial charge in [0.2, 0.25) is 10.0 Å². The molecule has 0 radical (unpaired) electrons. The molecule has 7 nitrogen and oxygen atoms in total. The summed E-state index contributed by atoms with van der Waals surface area (Å²) in [5.74, 6) is 1.07. The van der Waals surface area contributed by atoms with Gasteiger partial charge in [0.1, 0.15) is 5.82 Å². The summed E-state index contributed by atoms with van der Waals surface area (Å²) in [6.07, 6.45) is 1.03. The van der Waals surface area contributed by atoms with E-state index >= 15 is 0 Å². The number of aromatic amines is 1. The smallest absolute Gasteiger partial charge is 0.255 e. The number of aromatic nitrogens is 2. The number of carbonyl (C=O) groups is 1. The zero-order valence-electron chi connectivity index (χ0n) is 19.7. The second-order valence-electron chi connectivity index (χ2n) is 9.43. The number of nitrogens with zero attached hydrogens (tertiary/aromatic N) is 2. The molecule has 4 aromatic rings. The van der Waals surface area contributed by atoms with E-state index in [0.717, 1.165) is 28.8 Å². The van der Waals surface area contributed by atoms with Gasteiger partial charge in [-0.3, -0.25) is 4.79 Å². The van der Waals surface area contributed by atoms with Gasteiger partial charge in [-0.05, 0) is 66.8 Å². The summed E-state index contributed by atoms with van der Waals surface area (Å²) >= 11 is 0. The van der Waals surface area contributed by atoms with E-state index in [-0.39, 0.29) is 10.8 Å². The lowest BCUT2D eigenvalue weighted by molar-refractivity contribution is 0.102. The molecule has 1 aliphatic heterocycles. The molecule has 5 rings (SSSR count). The first kappa shape index (κ1) is 23.3. The number of para-hydroxylation sites is 2. The Balaban J connectivity index is 1.31. The zero-order chi connectivity index (χ0) is 24.6. The lowest BCUT2D eigenvalue weighted by atomic mass is 9.94. The van der Waals surface area contributed by atoms with Crippen molar-refractivity contribution in [2.75, 3.05) is 18.4 Å². The Kier molecular flexibility index (Phi) is 6.17. The van der Waals surface area contributed by atoms with Crippen molar-refractivity contribution in [2.45, 2.75) is 25.2 Å². The Labute approximate surface area is 205 Å². The van der Waals surface area contributed by atoms with Gasteiger partial charge >= 0.3 is 0 Å². The fourth-order valence-corrected chi connectivity index (χ4v) is 6.45. The van der Waals surface area contributed by atoms with E-state index < -0.39 is 10.0 Å². The largest absolute Gasteiger partial charge is 0.338 e. The van der Waals surface area contributed by atoms with E-state index in [1.807, 2.05) is 48.5 Å². The van der Waals surface area contributed by atoms with E-state index in [1.165, 1.54) is 12.1 Å². The van der Waals surface area contributed by atoms with Crippen molar-refractivity contribution in [3.05, 3.63) is 78.4 Å². The van der Waals surface area contributed by atoms with Gasteiger partial charge in [0.25, 0.3) is 5.91 Å². The normalized spacial score (nSPS) is 19.0. The molecule has 1 aliphatic rings. The van der Waals surface area contributed by atoms with Gasteiger partial charge in [-0.1, -0.05) is 38.1 Å². The fraction of sp³-hybridized carbons (Fsp3) is 0.259. The molecule has 0 aliphatic carbocycles. The number of benzene rings is 3. The van der Waals surface area contributed by atoms with Crippen LogP contribution in [-0.4, -0.2) is 41.7 Å². The Morgan fingerprint density at radius 3 is 2.40 bits per heavy atom. The van der Waals surface area contributed by atoms with Crippen LogP contribution < -0.4 is 5.32 Å². The number of hydrogen-bond donors (Lipinski definition) is 2. The Morgan fingerprint density at radius 1 is 0.971 bits per heavy atom. The quantitative estimate of drug-likeness (QED) is 0.406. The Morgan fingerprint density at radius 2 is 1.69 bits per heavy atom. The predicted molar refractivity (Wildman–Crippen MR) is 138 cm³/mol. The number of hydrogen-bond acceptors (Lipinski definition) is 4. The summed E-state index contributed by atoms with van der Waals surface area (Å²) < 4.78 is 27.8. The molecule has 0 unspecified atom stereocenters. The number of imidazole rings is 1. The number of rotatable bonds is 5. The third-order valence-electron chi connectivity index (χ3n) is 6.37. The van der Waals surface area contributed by atoms with E-state index in [0.29, 0.717) is 36.2 Å². The molecule has 2 atom stereocenters. The van der Waals surface area contributed by atoms with Crippen LogP contribution in [0.15, 0.2) is 77.7 Å². The molecule has 1 saturated heterocycles. The molecule has 0 saturated carbocycles. The molecule has 1 amide bonds. The van der Waals surface area contributed by atoms with Gasteiger partial charge in [0.05, 0.1) is 15.9 Å². The Bertz CT molecular complexity index is 1430. The van der Waals surface area contributed by atoms with Crippen molar-refractivity contribution in [1.29, 1.82) is 0 Å². The number of carbonyl (C=O) groups excluding carboxylic acids is 1. The van der Waals surface area contributed by atoms with Crippen molar-refractivity contribution in [1.82, 2.24) is 14.3 Å². The third kappa shape index (κ3) is 4.85. The monoisotopic (exact) mass is 488 g/mol. The second-order valence-corrected chi connectivity index (χ2v) is 11.4. The number of H-pyrrole nitrogens is 1. The average Bonchev–Trinajstić information content (AvgIpc) is 3.28. The summed E-state index contributed by atoms with van der Waals surface area (Å²) in [6, 6.07) is 21.4. The summed E-state index contributed by atoms with van der Waals surface area (Å²) in [7, 11) is -3.59. The number of piperidine rings is 1. The molecule has 0 bridgehead atoms. The van der Waals surface area contributed by atoms with Crippen LogP contribution in [0.25, 0.3) is 22.4 Å². The number of fused-ring (bicyclic) bond motifs is 1. The summed E-state index contributed by atoms with van der Waals surface area (Å²) in [6.45, 7) is 5.20. The van der Waals surface area contributed by atoms with Gasteiger partial charge in [0, 0.05) is 29.9 Å². The highest BCUT2D eigenvalue weighted by molar-refractivity contribution is 7.89. The minimum atomic E-state index is -3.59. The lowest BCUT2D eigenvalue weighted by Crippen LogP contribution is -2.42. The lowest BCUT2D eigenvalue weighted by Gasteiger charge is -2.34. The third-order valence-corrected chi connectivity index (χ3v) is 8.22. The highest BCUT2D eigenvalue weighted by atomic mass is 32.2. The standard InChI is InChI=1S/C27H28N4O3S/c1-18-14-19(2)17-31(16-18)35(33,34)23-12-10-20(11-13-23)27(32)28-22-7-5-6-21(15-22)26-29-24-8-3-4-9-25(24)30-26/h3-13,15,18-19H,14,16-17H2,1-2H3,(H,28,32)(H,29,30)/t18-,19-/m1/s1. The predicted octanol–water partition coefficient (Wildman–Crippen LogP) is 5.15. The van der Waals surface area contributed by atoms with Crippen LogP contribution in [0.1, 0.15) is 30.6 Å². The molecule has 8 heteroatoms. The SMILES string of the molecule is C[C@@H]1C[C@@H](C)CN(S(=O)(=O)c2ccc(C(=O)Nc3cccc(-c4nc5ccccc5[nH]4)c3)cc2)C1. The number of anilines is 1. The van der Waals surface area contributed by atoms with Crippen molar-refractivity contribution in [2.24, 2.45) is 11.8 Å². The van der Waals surface area contributed by atoms with Crippen LogP contribution in [-0.2, 0) is 10.0 Å². The van der Waals surface area contributed by atoms with Crippen LogP contribution in [0.4, 0.5) is 5.69 Å². The van der Waals surface area contributed by atoms with Crippen molar-refractivity contribution >= 4 is 32.7 Å². The molecular formula is C27H28N4O3S. The van der Waals surface area contributed by atoms with Crippen LogP contribution in [0.5, 0.6) is 0 Å². The maximum atomic E-state index is 13.1. The van der Waals surface area contributed by atoms with Crippen molar-refractivity contribution in [3.63, 3.8) is 0 Å². The van der Waals surface area contributed by atoms with Gasteiger partial charge in [-0.2, -0.15) is 4.31 Å². The minimum Gasteiger partial charge on any atom is -0.338 e. The van der Waals surface area contributed by atoms with E-state index in [2.05, 4.69) is 29.1 Å². The molecule has 1 fully saturated rings. The van der Waals surface area contributed by atoms with Crippen molar-refractivity contribution < 1.29 is 13.2 Å².